The molecule has 0 aromatic carbocycles. The molecule has 7 nitrogen and oxygen atoms in total. The summed E-state index contributed by atoms with van der Waals surface area (Å²) in [6.45, 7) is 3.34. The van der Waals surface area contributed by atoms with Gasteiger partial charge in [-0.15, -0.1) is 0 Å². The summed E-state index contributed by atoms with van der Waals surface area (Å²) in [6.07, 6.45) is 0.636. The Labute approximate surface area is 119 Å². The molecule has 0 aromatic heterocycles. The zero-order valence-electron chi connectivity index (χ0n) is 12.3. The normalized spacial score (nSPS) is 10.2. The number of hydrogen-bond acceptors (Lipinski definition) is 7. The van der Waals surface area contributed by atoms with Crippen LogP contribution in [0, 0.1) is 0 Å². The maximum atomic E-state index is 11.3. The van der Waals surface area contributed by atoms with Crippen LogP contribution >= 0.6 is 0 Å². The average molecular weight is 289 g/mol. The van der Waals surface area contributed by atoms with E-state index in [1.54, 1.807) is 6.92 Å². The van der Waals surface area contributed by atoms with Crippen molar-refractivity contribution in [3.8, 4) is 0 Å². The molecule has 0 unspecified atom stereocenters. The molecule has 0 bridgehead atoms. The molecule has 0 aliphatic rings. The highest BCUT2D eigenvalue weighted by Gasteiger charge is 2.13. The molecular weight excluding hydrogens is 266 g/mol. The van der Waals surface area contributed by atoms with Gasteiger partial charge in [-0.2, -0.15) is 0 Å². The summed E-state index contributed by atoms with van der Waals surface area (Å²) in [5.74, 6) is -0.956. The number of carbonyl (C=O) groups is 3. The molecule has 0 fully saturated rings. The Morgan fingerprint density at radius 2 is 1.20 bits per heavy atom. The first-order chi connectivity index (χ1) is 9.53. The molecule has 0 aliphatic carbocycles. The Kier molecular flexibility index (Phi) is 10.3. The standard InChI is InChI=1S/C13H23NO6/c1-4-20-13(17)7-10-14(8-5-11(15)18-2)9-6-12(16)19-3/h4-10H2,1-3H3. The molecule has 0 radical (unpaired) electrons. The van der Waals surface area contributed by atoms with E-state index >= 15 is 0 Å². The molecule has 0 aromatic rings. The van der Waals surface area contributed by atoms with E-state index in [2.05, 4.69) is 9.47 Å². The maximum absolute atomic E-state index is 11.3. The molecule has 0 atom stereocenters. The van der Waals surface area contributed by atoms with Gasteiger partial charge in [-0.1, -0.05) is 0 Å². The van der Waals surface area contributed by atoms with E-state index in [1.165, 1.54) is 14.2 Å². The first-order valence-electron chi connectivity index (χ1n) is 6.55. The largest absolute Gasteiger partial charge is 0.469 e. The van der Waals surface area contributed by atoms with E-state index in [0.29, 0.717) is 26.2 Å². The Hall–Kier alpha value is -1.63. The molecule has 0 N–H and O–H groups in total. The van der Waals surface area contributed by atoms with Crippen LogP contribution < -0.4 is 0 Å². The zero-order valence-corrected chi connectivity index (χ0v) is 12.3. The van der Waals surface area contributed by atoms with E-state index in [9.17, 15) is 14.4 Å². The molecule has 0 saturated heterocycles. The number of methoxy groups -OCH3 is 2. The van der Waals surface area contributed by atoms with Crippen molar-refractivity contribution in [3.63, 3.8) is 0 Å². The minimum Gasteiger partial charge on any atom is -0.469 e. The molecule has 116 valence electrons. The minimum absolute atomic E-state index is 0.209. The molecule has 0 heterocycles. The number of nitrogens with zero attached hydrogens (tertiary/aromatic N) is 1. The summed E-state index contributed by atoms with van der Waals surface area (Å²) in [4.78, 5) is 35.4. The third-order valence-corrected chi connectivity index (χ3v) is 2.66. The number of carbonyl (C=O) groups excluding carboxylic acids is 3. The first-order valence-corrected chi connectivity index (χ1v) is 6.55. The number of esters is 3. The van der Waals surface area contributed by atoms with Crippen LogP contribution in [0.4, 0.5) is 0 Å². The van der Waals surface area contributed by atoms with Crippen LogP contribution in [-0.4, -0.2) is 63.3 Å². The van der Waals surface area contributed by atoms with Gasteiger partial charge in [0.15, 0.2) is 0 Å². The number of rotatable bonds is 10. The zero-order chi connectivity index (χ0) is 15.4. The molecule has 0 aliphatic heterocycles. The van der Waals surface area contributed by atoms with Crippen LogP contribution in [0.1, 0.15) is 26.2 Å². The first kappa shape index (κ1) is 18.4. The van der Waals surface area contributed by atoms with Crippen LogP contribution in [0.2, 0.25) is 0 Å². The summed E-state index contributed by atoms with van der Waals surface area (Å²) in [5.41, 5.74) is 0. The van der Waals surface area contributed by atoms with Crippen molar-refractivity contribution >= 4 is 17.9 Å². The van der Waals surface area contributed by atoms with Gasteiger partial charge in [-0.05, 0) is 6.92 Å². The van der Waals surface area contributed by atoms with E-state index < -0.39 is 0 Å². The minimum atomic E-state index is -0.329. The summed E-state index contributed by atoms with van der Waals surface area (Å²) >= 11 is 0. The molecule has 0 rings (SSSR count). The van der Waals surface area contributed by atoms with Gasteiger partial charge in [0.25, 0.3) is 0 Å². The Bertz CT molecular complexity index is 298. The second-order valence-electron chi connectivity index (χ2n) is 4.05. The SMILES string of the molecule is CCOC(=O)CCN(CCC(=O)OC)CCC(=O)OC. The Morgan fingerprint density at radius 1 is 0.800 bits per heavy atom. The van der Waals surface area contributed by atoms with Crippen LogP contribution in [0.3, 0.4) is 0 Å². The lowest BCUT2D eigenvalue weighted by Crippen LogP contribution is -2.31. The fourth-order valence-corrected chi connectivity index (χ4v) is 1.52. The van der Waals surface area contributed by atoms with E-state index in [4.69, 9.17) is 4.74 Å². The quantitative estimate of drug-likeness (QED) is 0.424. The third kappa shape index (κ3) is 9.32. The Balaban J connectivity index is 4.19. The second kappa shape index (κ2) is 11.2. The molecule has 7 heteroatoms. The highest BCUT2D eigenvalue weighted by molar-refractivity contribution is 5.70. The van der Waals surface area contributed by atoms with Crippen LogP contribution in [0.15, 0.2) is 0 Å². The topological polar surface area (TPSA) is 82.1 Å². The lowest BCUT2D eigenvalue weighted by atomic mass is 10.3. The van der Waals surface area contributed by atoms with Gasteiger partial charge < -0.3 is 19.1 Å². The van der Waals surface area contributed by atoms with Gasteiger partial charge in [-0.3, -0.25) is 14.4 Å². The highest BCUT2D eigenvalue weighted by atomic mass is 16.5. The van der Waals surface area contributed by atoms with Crippen molar-refractivity contribution in [1.82, 2.24) is 4.90 Å². The third-order valence-electron chi connectivity index (χ3n) is 2.66. The summed E-state index contributed by atoms with van der Waals surface area (Å²) in [5, 5.41) is 0. The molecule has 0 amide bonds. The predicted molar refractivity (Wildman–Crippen MR) is 71.0 cm³/mol. The summed E-state index contributed by atoms with van der Waals surface area (Å²) in [7, 11) is 2.64. The molecular formula is C13H23NO6. The van der Waals surface area contributed by atoms with Gasteiger partial charge in [0.2, 0.25) is 0 Å². The van der Waals surface area contributed by atoms with E-state index in [1.807, 2.05) is 4.90 Å². The molecule has 0 saturated carbocycles. The van der Waals surface area contributed by atoms with Crippen molar-refractivity contribution in [3.05, 3.63) is 0 Å². The van der Waals surface area contributed by atoms with Crippen molar-refractivity contribution in [2.75, 3.05) is 40.5 Å². The number of ether oxygens (including phenoxy) is 3. The molecule has 20 heavy (non-hydrogen) atoms. The lowest BCUT2D eigenvalue weighted by molar-refractivity contribution is -0.143. The van der Waals surface area contributed by atoms with Gasteiger partial charge in [0.1, 0.15) is 0 Å². The van der Waals surface area contributed by atoms with Gasteiger partial charge >= 0.3 is 17.9 Å². The van der Waals surface area contributed by atoms with Gasteiger partial charge in [0, 0.05) is 19.6 Å². The van der Waals surface area contributed by atoms with Crippen molar-refractivity contribution in [1.29, 1.82) is 0 Å². The van der Waals surface area contributed by atoms with Gasteiger partial charge in [0.05, 0.1) is 40.1 Å². The van der Waals surface area contributed by atoms with Crippen molar-refractivity contribution in [2.45, 2.75) is 26.2 Å². The number of hydrogen-bond donors (Lipinski definition) is 0. The lowest BCUT2D eigenvalue weighted by Gasteiger charge is -2.20. The van der Waals surface area contributed by atoms with Crippen molar-refractivity contribution in [2.24, 2.45) is 0 Å². The Morgan fingerprint density at radius 3 is 1.55 bits per heavy atom. The molecule has 0 spiro atoms. The van der Waals surface area contributed by atoms with Crippen LogP contribution in [-0.2, 0) is 28.6 Å². The van der Waals surface area contributed by atoms with E-state index in [-0.39, 0.29) is 37.2 Å². The predicted octanol–water partition coefficient (Wildman–Crippen LogP) is 0.368. The van der Waals surface area contributed by atoms with Crippen LogP contribution in [0.25, 0.3) is 0 Å². The van der Waals surface area contributed by atoms with Gasteiger partial charge in [-0.25, -0.2) is 0 Å². The average Bonchev–Trinajstić information content (AvgIpc) is 2.45. The summed E-state index contributed by atoms with van der Waals surface area (Å²) in [6, 6.07) is 0. The van der Waals surface area contributed by atoms with E-state index in [0.717, 1.165) is 0 Å². The fourth-order valence-electron chi connectivity index (χ4n) is 1.52. The smallest absolute Gasteiger partial charge is 0.307 e. The van der Waals surface area contributed by atoms with Crippen LogP contribution in [0.5, 0.6) is 0 Å². The summed E-state index contributed by atoms with van der Waals surface area (Å²) < 4.78 is 14.0. The highest BCUT2D eigenvalue weighted by Crippen LogP contribution is 2.00. The maximum Gasteiger partial charge on any atom is 0.307 e. The van der Waals surface area contributed by atoms with Crippen molar-refractivity contribution < 1.29 is 28.6 Å². The second-order valence-corrected chi connectivity index (χ2v) is 4.05. The monoisotopic (exact) mass is 289 g/mol. The fraction of sp³-hybridized carbons (Fsp3) is 0.769.